The highest BCUT2D eigenvalue weighted by atomic mass is 32.2. The van der Waals surface area contributed by atoms with Crippen LogP contribution in [-0.2, 0) is 9.53 Å². The van der Waals surface area contributed by atoms with Gasteiger partial charge >= 0.3 is 12.1 Å². The third-order valence-corrected chi connectivity index (χ3v) is 7.54. The molecule has 8 heteroatoms. The van der Waals surface area contributed by atoms with Crippen LogP contribution < -0.4 is 5.32 Å². The predicted molar refractivity (Wildman–Crippen MR) is 135 cm³/mol. The molecule has 178 valence electrons. The molecule has 3 aromatic rings. The van der Waals surface area contributed by atoms with E-state index in [0.29, 0.717) is 23.5 Å². The summed E-state index contributed by atoms with van der Waals surface area (Å²) >= 11 is 1.33. The van der Waals surface area contributed by atoms with E-state index in [9.17, 15) is 19.5 Å². The van der Waals surface area contributed by atoms with Gasteiger partial charge in [-0.15, -0.1) is 11.8 Å². The average molecular weight is 489 g/mol. The lowest BCUT2D eigenvalue weighted by Crippen LogP contribution is -2.44. The standard InChI is InChI=1S/C27H24N2O5S/c30-25(29-13-14-35-24(15-29)26(31)32)21-11-5-6-12-23(21)28-27(33)34-16-22-19-9-3-1-7-17(19)18-8-2-4-10-20(18)22/h1-12,22,24H,13-16H2,(H,28,33)(H,31,32). The molecule has 7 nitrogen and oxygen atoms in total. The third-order valence-electron chi connectivity index (χ3n) is 6.37. The number of fused-ring (bicyclic) bond motifs is 3. The second-order valence-corrected chi connectivity index (χ2v) is 9.76. The minimum Gasteiger partial charge on any atom is -0.480 e. The lowest BCUT2D eigenvalue weighted by molar-refractivity contribution is -0.136. The molecule has 1 heterocycles. The number of anilines is 1. The van der Waals surface area contributed by atoms with Crippen molar-refractivity contribution in [2.24, 2.45) is 0 Å². The van der Waals surface area contributed by atoms with Crippen molar-refractivity contribution in [3.05, 3.63) is 89.5 Å². The van der Waals surface area contributed by atoms with Crippen molar-refractivity contribution in [3.63, 3.8) is 0 Å². The molecule has 1 aliphatic heterocycles. The van der Waals surface area contributed by atoms with Crippen LogP contribution in [0.1, 0.15) is 27.4 Å². The third kappa shape index (κ3) is 4.61. The number of para-hydroxylation sites is 1. The highest BCUT2D eigenvalue weighted by molar-refractivity contribution is 8.00. The van der Waals surface area contributed by atoms with E-state index in [1.807, 2.05) is 24.3 Å². The second-order valence-electron chi connectivity index (χ2n) is 8.44. The highest BCUT2D eigenvalue weighted by Crippen LogP contribution is 2.44. The summed E-state index contributed by atoms with van der Waals surface area (Å²) in [5, 5.41) is 11.4. The number of amides is 2. The Morgan fingerprint density at radius 1 is 0.943 bits per heavy atom. The number of thioether (sulfide) groups is 1. The average Bonchev–Trinajstić information content (AvgIpc) is 3.21. The molecule has 1 saturated heterocycles. The Morgan fingerprint density at radius 3 is 2.26 bits per heavy atom. The number of carbonyl (C=O) groups excluding carboxylic acids is 2. The molecule has 1 aliphatic carbocycles. The molecule has 35 heavy (non-hydrogen) atoms. The zero-order valence-corrected chi connectivity index (χ0v) is 19.7. The van der Waals surface area contributed by atoms with Gasteiger partial charge in [0, 0.05) is 24.8 Å². The molecule has 1 atom stereocenters. The van der Waals surface area contributed by atoms with Crippen molar-refractivity contribution in [3.8, 4) is 11.1 Å². The Balaban J connectivity index is 1.28. The van der Waals surface area contributed by atoms with Crippen molar-refractivity contribution >= 4 is 35.4 Å². The summed E-state index contributed by atoms with van der Waals surface area (Å²) in [4.78, 5) is 38.8. The number of carbonyl (C=O) groups is 3. The summed E-state index contributed by atoms with van der Waals surface area (Å²) in [5.41, 5.74) is 5.16. The molecular formula is C27H24N2O5S. The van der Waals surface area contributed by atoms with Crippen LogP contribution in [0.2, 0.25) is 0 Å². The molecule has 3 aromatic carbocycles. The fourth-order valence-electron chi connectivity index (χ4n) is 4.68. The Kier molecular flexibility index (Phi) is 6.46. The number of hydrogen-bond acceptors (Lipinski definition) is 5. The van der Waals surface area contributed by atoms with Crippen LogP contribution in [0.5, 0.6) is 0 Å². The molecule has 1 fully saturated rings. The Bertz CT molecular complexity index is 1250. The van der Waals surface area contributed by atoms with Gasteiger partial charge in [0.25, 0.3) is 5.91 Å². The molecular weight excluding hydrogens is 464 g/mol. The number of nitrogens with one attached hydrogen (secondary N) is 1. The molecule has 2 N–H and O–H groups in total. The minimum absolute atomic E-state index is 0.0659. The van der Waals surface area contributed by atoms with Crippen molar-refractivity contribution in [1.29, 1.82) is 0 Å². The van der Waals surface area contributed by atoms with Crippen LogP contribution in [0.4, 0.5) is 10.5 Å². The Morgan fingerprint density at radius 2 is 1.57 bits per heavy atom. The van der Waals surface area contributed by atoms with E-state index in [1.54, 1.807) is 24.3 Å². The van der Waals surface area contributed by atoms with Crippen LogP contribution in [0.15, 0.2) is 72.8 Å². The second kappa shape index (κ2) is 9.84. The summed E-state index contributed by atoms with van der Waals surface area (Å²) in [5.74, 6) is -0.766. The van der Waals surface area contributed by atoms with E-state index in [0.717, 1.165) is 22.3 Å². The Hall–Kier alpha value is -3.78. The van der Waals surface area contributed by atoms with Gasteiger partial charge in [-0.05, 0) is 34.4 Å². The number of carboxylic acid groups (broad SMARTS) is 1. The summed E-state index contributed by atoms with van der Waals surface area (Å²) < 4.78 is 5.62. The smallest absolute Gasteiger partial charge is 0.411 e. The molecule has 0 radical (unpaired) electrons. The number of aliphatic carboxylic acids is 1. The lowest BCUT2D eigenvalue weighted by Gasteiger charge is -2.30. The van der Waals surface area contributed by atoms with Crippen LogP contribution in [-0.4, -0.2) is 58.7 Å². The van der Waals surface area contributed by atoms with E-state index < -0.39 is 17.3 Å². The largest absolute Gasteiger partial charge is 0.480 e. The van der Waals surface area contributed by atoms with Gasteiger partial charge in [0.2, 0.25) is 0 Å². The van der Waals surface area contributed by atoms with Crippen LogP contribution in [0.25, 0.3) is 11.1 Å². The molecule has 0 bridgehead atoms. The fourth-order valence-corrected chi connectivity index (χ4v) is 5.71. The van der Waals surface area contributed by atoms with Gasteiger partial charge in [-0.3, -0.25) is 14.9 Å². The summed E-state index contributed by atoms with van der Waals surface area (Å²) in [6.07, 6.45) is -0.648. The van der Waals surface area contributed by atoms with Gasteiger partial charge in [-0.25, -0.2) is 4.79 Å². The maximum absolute atomic E-state index is 13.1. The van der Waals surface area contributed by atoms with Gasteiger partial charge in [0.15, 0.2) is 0 Å². The van der Waals surface area contributed by atoms with Crippen molar-refractivity contribution in [1.82, 2.24) is 4.90 Å². The zero-order valence-electron chi connectivity index (χ0n) is 18.8. The van der Waals surface area contributed by atoms with Gasteiger partial charge < -0.3 is 14.7 Å². The van der Waals surface area contributed by atoms with Gasteiger partial charge in [-0.1, -0.05) is 60.7 Å². The number of ether oxygens (including phenoxy) is 1. The van der Waals surface area contributed by atoms with Crippen LogP contribution >= 0.6 is 11.8 Å². The maximum atomic E-state index is 13.1. The quantitative estimate of drug-likeness (QED) is 0.541. The SMILES string of the molecule is O=C(Nc1ccccc1C(=O)N1CCSC(C(=O)O)C1)OCC1c2ccccc2-c2ccccc21. The molecule has 0 spiro atoms. The molecule has 0 aromatic heterocycles. The molecule has 0 saturated carbocycles. The van der Waals surface area contributed by atoms with E-state index in [4.69, 9.17) is 4.74 Å². The summed E-state index contributed by atoms with van der Waals surface area (Å²) in [6.45, 7) is 0.740. The summed E-state index contributed by atoms with van der Waals surface area (Å²) in [6, 6.07) is 22.9. The molecule has 2 aliphatic rings. The highest BCUT2D eigenvalue weighted by Gasteiger charge is 2.31. The van der Waals surface area contributed by atoms with Crippen molar-refractivity contribution in [2.75, 3.05) is 30.8 Å². The first-order chi connectivity index (χ1) is 17.0. The maximum Gasteiger partial charge on any atom is 0.411 e. The first kappa shape index (κ1) is 23.0. The molecule has 5 rings (SSSR count). The van der Waals surface area contributed by atoms with Crippen LogP contribution in [0.3, 0.4) is 0 Å². The monoisotopic (exact) mass is 488 g/mol. The van der Waals surface area contributed by atoms with Gasteiger partial charge in [0.1, 0.15) is 11.9 Å². The fraction of sp³-hybridized carbons (Fsp3) is 0.222. The normalized spacial score (nSPS) is 16.8. The number of hydrogen-bond donors (Lipinski definition) is 2. The van der Waals surface area contributed by atoms with Gasteiger partial charge in [0.05, 0.1) is 11.3 Å². The van der Waals surface area contributed by atoms with E-state index >= 15 is 0 Å². The number of nitrogens with zero attached hydrogens (tertiary/aromatic N) is 1. The minimum atomic E-state index is -0.933. The lowest BCUT2D eigenvalue weighted by atomic mass is 9.98. The number of rotatable bonds is 5. The molecule has 1 unspecified atom stereocenters. The van der Waals surface area contributed by atoms with Gasteiger partial charge in [-0.2, -0.15) is 0 Å². The topological polar surface area (TPSA) is 95.9 Å². The Labute approximate surface area is 207 Å². The first-order valence-corrected chi connectivity index (χ1v) is 12.4. The van der Waals surface area contributed by atoms with E-state index in [-0.39, 0.29) is 25.0 Å². The van der Waals surface area contributed by atoms with Crippen molar-refractivity contribution in [2.45, 2.75) is 11.2 Å². The van der Waals surface area contributed by atoms with E-state index in [1.165, 1.54) is 16.7 Å². The van der Waals surface area contributed by atoms with Crippen molar-refractivity contribution < 1.29 is 24.2 Å². The van der Waals surface area contributed by atoms with E-state index in [2.05, 4.69) is 29.6 Å². The first-order valence-electron chi connectivity index (χ1n) is 11.4. The number of carboxylic acids is 1. The number of benzene rings is 3. The zero-order chi connectivity index (χ0) is 24.4. The molecule has 2 amide bonds. The van der Waals surface area contributed by atoms with Crippen LogP contribution in [0, 0.1) is 0 Å². The predicted octanol–water partition coefficient (Wildman–Crippen LogP) is 4.69. The summed E-state index contributed by atoms with van der Waals surface area (Å²) in [7, 11) is 0.